The summed E-state index contributed by atoms with van der Waals surface area (Å²) in [6.07, 6.45) is 0.616. The molecule has 0 aliphatic carbocycles. The highest BCUT2D eigenvalue weighted by atomic mass is 32.3. The summed E-state index contributed by atoms with van der Waals surface area (Å²) < 4.78 is 36.8. The molecule has 0 spiro atoms. The van der Waals surface area contributed by atoms with Crippen molar-refractivity contribution in [3.63, 3.8) is 0 Å². The minimum absolute atomic E-state index is 0.243. The van der Waals surface area contributed by atoms with Gasteiger partial charge in [0.15, 0.2) is 0 Å². The van der Waals surface area contributed by atoms with Crippen molar-refractivity contribution < 1.29 is 21.9 Å². The van der Waals surface area contributed by atoms with E-state index in [1.54, 1.807) is 17.6 Å². The van der Waals surface area contributed by atoms with Crippen molar-refractivity contribution >= 4 is 32.9 Å². The first-order chi connectivity index (χ1) is 10.3. The Hall–Kier alpha value is -2.22. The predicted octanol–water partition coefficient (Wildman–Crippen LogP) is 1.59. The van der Waals surface area contributed by atoms with Crippen LogP contribution in [0.5, 0.6) is 0 Å². The molecule has 22 heavy (non-hydrogen) atoms. The van der Waals surface area contributed by atoms with Crippen LogP contribution in [0, 0.1) is 6.92 Å². The van der Waals surface area contributed by atoms with Gasteiger partial charge in [-0.15, -0.1) is 3.89 Å². The number of fused-ring (bicyclic) bond motifs is 1. The van der Waals surface area contributed by atoms with Crippen molar-refractivity contribution in [1.82, 2.24) is 9.88 Å². The highest BCUT2D eigenvalue weighted by molar-refractivity contribution is 7.86. The van der Waals surface area contributed by atoms with Gasteiger partial charge in [0.2, 0.25) is 11.8 Å². The quantitative estimate of drug-likeness (QED) is 0.671. The molecular weight excluding hydrogens is 311 g/mol. The lowest BCUT2D eigenvalue weighted by atomic mass is 10.1. The maximum absolute atomic E-state index is 13.1. The van der Waals surface area contributed by atoms with Crippen LogP contribution >= 0.6 is 0 Å². The van der Waals surface area contributed by atoms with E-state index >= 15 is 0 Å². The van der Waals surface area contributed by atoms with Crippen LogP contribution in [0.4, 0.5) is 3.89 Å². The zero-order valence-corrected chi connectivity index (χ0v) is 12.5. The molecular formula is C14H13FN2O4S. The van der Waals surface area contributed by atoms with Gasteiger partial charge in [-0.1, -0.05) is 0 Å². The second kappa shape index (κ2) is 4.91. The van der Waals surface area contributed by atoms with Gasteiger partial charge < -0.3 is 4.57 Å². The number of hydrogen-bond donors (Lipinski definition) is 1. The zero-order valence-electron chi connectivity index (χ0n) is 11.7. The summed E-state index contributed by atoms with van der Waals surface area (Å²) in [5.74, 6) is -0.694. The van der Waals surface area contributed by atoms with E-state index in [0.29, 0.717) is 17.3 Å². The van der Waals surface area contributed by atoms with Gasteiger partial charge in [0.1, 0.15) is 6.04 Å². The van der Waals surface area contributed by atoms with E-state index in [4.69, 9.17) is 0 Å². The molecule has 6 nitrogen and oxygen atoms in total. The minimum Gasteiger partial charge on any atom is -0.332 e. The average molecular weight is 324 g/mol. The van der Waals surface area contributed by atoms with Crippen LogP contribution in [0.25, 0.3) is 10.9 Å². The van der Waals surface area contributed by atoms with E-state index in [1.807, 2.05) is 0 Å². The number of benzene rings is 1. The molecule has 1 atom stereocenters. The number of hydrogen-bond acceptors (Lipinski definition) is 4. The third-order valence-electron chi connectivity index (χ3n) is 3.81. The average Bonchev–Trinajstić information content (AvgIpc) is 2.73. The van der Waals surface area contributed by atoms with Gasteiger partial charge in [0, 0.05) is 23.0 Å². The Morgan fingerprint density at radius 3 is 2.64 bits per heavy atom. The Morgan fingerprint density at radius 2 is 2.00 bits per heavy atom. The Bertz CT molecular complexity index is 901. The van der Waals surface area contributed by atoms with Crippen molar-refractivity contribution in [3.8, 4) is 0 Å². The number of nitrogens with one attached hydrogen (secondary N) is 1. The van der Waals surface area contributed by atoms with Crippen molar-refractivity contribution in [2.75, 3.05) is 0 Å². The van der Waals surface area contributed by atoms with E-state index < -0.39 is 21.2 Å². The number of halogens is 1. The first kappa shape index (κ1) is 14.7. The molecule has 1 aliphatic rings. The molecule has 2 heterocycles. The normalized spacial score (nSPS) is 19.5. The van der Waals surface area contributed by atoms with E-state index in [-0.39, 0.29) is 18.2 Å². The zero-order chi connectivity index (χ0) is 16.1. The van der Waals surface area contributed by atoms with Crippen molar-refractivity contribution in [1.29, 1.82) is 0 Å². The van der Waals surface area contributed by atoms with Crippen LogP contribution in [-0.4, -0.2) is 24.8 Å². The summed E-state index contributed by atoms with van der Waals surface area (Å²) in [6.45, 7) is 1.77. The SMILES string of the molecule is Cc1cc2cc(S(=O)(=O)F)ccc2n1C1CCC(=O)NC1=O. The number of rotatable bonds is 2. The highest BCUT2D eigenvalue weighted by Gasteiger charge is 2.29. The highest BCUT2D eigenvalue weighted by Crippen LogP contribution is 2.30. The standard InChI is InChI=1S/C14H13FN2O4S/c1-8-6-9-7-10(22(15,20)21)2-3-11(9)17(8)12-4-5-13(18)16-14(12)19/h2-3,6-7,12H,4-5H2,1H3,(H,16,18,19). The van der Waals surface area contributed by atoms with Crippen LogP contribution in [-0.2, 0) is 19.8 Å². The lowest BCUT2D eigenvalue weighted by Gasteiger charge is -2.24. The number of carbonyl (C=O) groups is 2. The first-order valence-electron chi connectivity index (χ1n) is 6.67. The Kier molecular flexibility index (Phi) is 3.28. The Labute approximate surface area is 126 Å². The summed E-state index contributed by atoms with van der Waals surface area (Å²) in [4.78, 5) is 22.8. The molecule has 1 unspecified atom stereocenters. The third kappa shape index (κ3) is 2.39. The van der Waals surface area contributed by atoms with Crippen molar-refractivity contribution in [2.45, 2.75) is 30.7 Å². The summed E-state index contributed by atoms with van der Waals surface area (Å²) in [6, 6.07) is 5.02. The summed E-state index contributed by atoms with van der Waals surface area (Å²) in [5, 5.41) is 2.82. The third-order valence-corrected chi connectivity index (χ3v) is 4.62. The molecule has 2 aromatic rings. The van der Waals surface area contributed by atoms with Gasteiger partial charge in [-0.05, 0) is 37.6 Å². The number of piperidine rings is 1. The molecule has 116 valence electrons. The molecule has 2 amide bonds. The topological polar surface area (TPSA) is 85.2 Å². The van der Waals surface area contributed by atoms with Crippen LogP contribution in [0.3, 0.4) is 0 Å². The Balaban J connectivity index is 2.13. The van der Waals surface area contributed by atoms with Gasteiger partial charge in [-0.25, -0.2) is 0 Å². The fourth-order valence-electron chi connectivity index (χ4n) is 2.85. The molecule has 1 N–H and O–H groups in total. The number of nitrogens with zero attached hydrogens (tertiary/aromatic N) is 1. The summed E-state index contributed by atoms with van der Waals surface area (Å²) in [7, 11) is -4.77. The van der Waals surface area contributed by atoms with E-state index in [9.17, 15) is 21.9 Å². The van der Waals surface area contributed by atoms with Gasteiger partial charge in [-0.2, -0.15) is 8.42 Å². The molecule has 1 aromatic heterocycles. The molecule has 0 bridgehead atoms. The minimum atomic E-state index is -4.77. The van der Waals surface area contributed by atoms with Gasteiger partial charge in [0.25, 0.3) is 0 Å². The number of amides is 2. The van der Waals surface area contributed by atoms with E-state index in [2.05, 4.69) is 5.32 Å². The van der Waals surface area contributed by atoms with Crippen molar-refractivity contribution in [2.24, 2.45) is 0 Å². The number of aryl methyl sites for hydroxylation is 1. The van der Waals surface area contributed by atoms with Crippen LogP contribution in [0.15, 0.2) is 29.2 Å². The fourth-order valence-corrected chi connectivity index (χ4v) is 3.34. The molecule has 3 rings (SSSR count). The lowest BCUT2D eigenvalue weighted by Crippen LogP contribution is -2.41. The molecule has 0 saturated carbocycles. The fraction of sp³-hybridized carbons (Fsp3) is 0.286. The molecule has 0 radical (unpaired) electrons. The maximum Gasteiger partial charge on any atom is 0.332 e. The molecule has 8 heteroatoms. The Morgan fingerprint density at radius 1 is 1.27 bits per heavy atom. The molecule has 1 saturated heterocycles. The van der Waals surface area contributed by atoms with Gasteiger partial charge in [-0.3, -0.25) is 14.9 Å². The summed E-state index contributed by atoms with van der Waals surface area (Å²) >= 11 is 0. The van der Waals surface area contributed by atoms with Gasteiger partial charge in [0.05, 0.1) is 4.90 Å². The van der Waals surface area contributed by atoms with E-state index in [0.717, 1.165) is 5.69 Å². The smallest absolute Gasteiger partial charge is 0.332 e. The summed E-state index contributed by atoms with van der Waals surface area (Å²) in [5.41, 5.74) is 1.36. The number of imide groups is 1. The molecule has 1 aliphatic heterocycles. The van der Waals surface area contributed by atoms with Gasteiger partial charge >= 0.3 is 10.2 Å². The number of aromatic nitrogens is 1. The molecule has 1 aromatic carbocycles. The number of carbonyl (C=O) groups excluding carboxylic acids is 2. The second-order valence-electron chi connectivity index (χ2n) is 5.28. The maximum atomic E-state index is 13.1. The lowest BCUT2D eigenvalue weighted by molar-refractivity contribution is -0.135. The van der Waals surface area contributed by atoms with Crippen LogP contribution in [0.2, 0.25) is 0 Å². The predicted molar refractivity (Wildman–Crippen MR) is 76.4 cm³/mol. The van der Waals surface area contributed by atoms with Crippen LogP contribution in [0.1, 0.15) is 24.6 Å². The monoisotopic (exact) mass is 324 g/mol. The van der Waals surface area contributed by atoms with E-state index in [1.165, 1.54) is 18.2 Å². The molecule has 1 fully saturated rings. The second-order valence-corrected chi connectivity index (χ2v) is 6.63. The largest absolute Gasteiger partial charge is 0.332 e. The van der Waals surface area contributed by atoms with Crippen LogP contribution < -0.4 is 5.32 Å². The van der Waals surface area contributed by atoms with Crippen molar-refractivity contribution in [3.05, 3.63) is 30.0 Å². The first-order valence-corrected chi connectivity index (χ1v) is 8.05.